The summed E-state index contributed by atoms with van der Waals surface area (Å²) < 4.78 is 5.37. The molecular weight excluding hydrogens is 222 g/mol. The molecule has 1 aliphatic heterocycles. The number of rotatable bonds is 1. The highest BCUT2D eigenvalue weighted by molar-refractivity contribution is 7.12. The van der Waals surface area contributed by atoms with E-state index in [4.69, 9.17) is 4.74 Å². The maximum absolute atomic E-state index is 9.83. The number of ether oxygens (including phenoxy) is 1. The van der Waals surface area contributed by atoms with Crippen LogP contribution in [0.15, 0.2) is 46.8 Å². The van der Waals surface area contributed by atoms with Crippen LogP contribution in [0.3, 0.4) is 0 Å². The number of para-hydroxylation sites is 1. The smallest absolute Gasteiger partial charge is 0.234 e. The van der Waals surface area contributed by atoms with Gasteiger partial charge in [-0.1, -0.05) is 24.3 Å². The molecule has 0 saturated carbocycles. The normalized spacial score (nSPS) is 18.6. The van der Waals surface area contributed by atoms with E-state index in [1.807, 2.05) is 41.8 Å². The molecule has 1 aromatic carbocycles. The van der Waals surface area contributed by atoms with Crippen molar-refractivity contribution in [3.05, 3.63) is 52.2 Å². The molecule has 2 aromatic rings. The van der Waals surface area contributed by atoms with E-state index in [1.165, 1.54) is 11.3 Å². The van der Waals surface area contributed by atoms with Gasteiger partial charge in [0.1, 0.15) is 0 Å². The number of fused-ring (bicyclic) bond motifs is 1. The Morgan fingerprint density at radius 1 is 1.19 bits per heavy atom. The van der Waals surface area contributed by atoms with E-state index in [2.05, 4.69) is 4.99 Å². The Hall–Kier alpha value is -1.65. The molecule has 2 heterocycles. The number of aliphatic hydroxyl groups is 1. The van der Waals surface area contributed by atoms with Gasteiger partial charge in [-0.15, -0.1) is 11.3 Å². The fourth-order valence-corrected chi connectivity index (χ4v) is 2.27. The highest BCUT2D eigenvalue weighted by Crippen LogP contribution is 2.32. The zero-order valence-corrected chi connectivity index (χ0v) is 9.15. The molecule has 0 amide bonds. The van der Waals surface area contributed by atoms with Crippen molar-refractivity contribution in [3.63, 3.8) is 0 Å². The molecule has 0 spiro atoms. The molecule has 1 aromatic heterocycles. The van der Waals surface area contributed by atoms with Gasteiger partial charge in [0.15, 0.2) is 0 Å². The Kier molecular flexibility index (Phi) is 2.23. The largest absolute Gasteiger partial charge is 0.442 e. The summed E-state index contributed by atoms with van der Waals surface area (Å²) in [6, 6.07) is 11.3. The second-order valence-electron chi connectivity index (χ2n) is 3.42. The Morgan fingerprint density at radius 3 is 2.88 bits per heavy atom. The number of aliphatic imine (C=N–C) groups is 1. The van der Waals surface area contributed by atoms with Crippen LogP contribution < -0.4 is 0 Å². The van der Waals surface area contributed by atoms with Gasteiger partial charge < -0.3 is 9.84 Å². The third-order valence-electron chi connectivity index (χ3n) is 2.38. The first-order valence-electron chi connectivity index (χ1n) is 4.91. The standard InChI is InChI=1S/C12H9NO2S/c14-12-8-4-1-2-5-9(8)13-11(15-12)10-6-3-7-16-10/h1-7,12,14H. The lowest BCUT2D eigenvalue weighted by molar-refractivity contribution is -0.0313. The number of thiophene rings is 1. The van der Waals surface area contributed by atoms with Gasteiger partial charge in [-0.05, 0) is 17.5 Å². The summed E-state index contributed by atoms with van der Waals surface area (Å²) in [6.45, 7) is 0. The molecule has 1 unspecified atom stereocenters. The van der Waals surface area contributed by atoms with E-state index in [0.717, 1.165) is 10.6 Å². The summed E-state index contributed by atoms with van der Waals surface area (Å²) in [5, 5.41) is 11.8. The van der Waals surface area contributed by atoms with Crippen LogP contribution in [0.5, 0.6) is 0 Å². The van der Waals surface area contributed by atoms with Crippen molar-refractivity contribution in [1.82, 2.24) is 0 Å². The number of hydrogen-bond donors (Lipinski definition) is 1. The van der Waals surface area contributed by atoms with Crippen LogP contribution in [0.2, 0.25) is 0 Å². The van der Waals surface area contributed by atoms with Gasteiger partial charge in [0.2, 0.25) is 12.2 Å². The van der Waals surface area contributed by atoms with Gasteiger partial charge in [0, 0.05) is 5.56 Å². The zero-order valence-electron chi connectivity index (χ0n) is 8.33. The molecule has 0 saturated heterocycles. The van der Waals surface area contributed by atoms with Crippen molar-refractivity contribution >= 4 is 22.9 Å². The van der Waals surface area contributed by atoms with Gasteiger partial charge in [-0.3, -0.25) is 0 Å². The fraction of sp³-hybridized carbons (Fsp3) is 0.0833. The minimum atomic E-state index is -0.925. The number of hydrogen-bond acceptors (Lipinski definition) is 4. The van der Waals surface area contributed by atoms with Crippen LogP contribution >= 0.6 is 11.3 Å². The maximum atomic E-state index is 9.83. The van der Waals surface area contributed by atoms with Crippen molar-refractivity contribution in [2.24, 2.45) is 4.99 Å². The second kappa shape index (κ2) is 3.73. The first kappa shape index (κ1) is 9.57. The van der Waals surface area contributed by atoms with Gasteiger partial charge >= 0.3 is 0 Å². The third kappa shape index (κ3) is 1.52. The predicted molar refractivity (Wildman–Crippen MR) is 63.0 cm³/mol. The lowest BCUT2D eigenvalue weighted by Gasteiger charge is -2.20. The fourth-order valence-electron chi connectivity index (χ4n) is 1.62. The van der Waals surface area contributed by atoms with Crippen LogP contribution in [0.1, 0.15) is 16.7 Å². The lowest BCUT2D eigenvalue weighted by atomic mass is 10.1. The minimum absolute atomic E-state index is 0.487. The quantitative estimate of drug-likeness (QED) is 0.820. The number of aliphatic hydroxyl groups excluding tert-OH is 1. The van der Waals surface area contributed by atoms with Crippen molar-refractivity contribution < 1.29 is 9.84 Å². The first-order valence-corrected chi connectivity index (χ1v) is 5.79. The first-order chi connectivity index (χ1) is 7.84. The minimum Gasteiger partial charge on any atom is -0.442 e. The van der Waals surface area contributed by atoms with E-state index in [9.17, 15) is 5.11 Å². The number of benzene rings is 1. The van der Waals surface area contributed by atoms with Gasteiger partial charge in [-0.25, -0.2) is 4.99 Å². The van der Waals surface area contributed by atoms with Crippen LogP contribution in [0, 0.1) is 0 Å². The average molecular weight is 231 g/mol. The van der Waals surface area contributed by atoms with Crippen molar-refractivity contribution in [3.8, 4) is 0 Å². The Balaban J connectivity index is 2.10. The SMILES string of the molecule is OC1OC(c2cccs2)=Nc2ccccc21. The molecule has 1 aliphatic rings. The molecule has 3 nitrogen and oxygen atoms in total. The molecule has 3 rings (SSSR count). The topological polar surface area (TPSA) is 41.8 Å². The van der Waals surface area contributed by atoms with Gasteiger partial charge in [-0.2, -0.15) is 0 Å². The maximum Gasteiger partial charge on any atom is 0.234 e. The molecule has 4 heteroatoms. The summed E-state index contributed by atoms with van der Waals surface area (Å²) in [7, 11) is 0. The predicted octanol–water partition coefficient (Wildman–Crippen LogP) is 2.85. The van der Waals surface area contributed by atoms with E-state index >= 15 is 0 Å². The van der Waals surface area contributed by atoms with Crippen LogP contribution in [-0.4, -0.2) is 11.0 Å². The zero-order chi connectivity index (χ0) is 11.0. The summed E-state index contributed by atoms with van der Waals surface area (Å²) in [5.41, 5.74) is 1.48. The Labute approximate surface area is 96.7 Å². The van der Waals surface area contributed by atoms with E-state index in [1.54, 1.807) is 0 Å². The highest BCUT2D eigenvalue weighted by Gasteiger charge is 2.22. The van der Waals surface area contributed by atoms with E-state index < -0.39 is 6.29 Å². The van der Waals surface area contributed by atoms with Gasteiger partial charge in [0.05, 0.1) is 10.6 Å². The Morgan fingerprint density at radius 2 is 2.06 bits per heavy atom. The van der Waals surface area contributed by atoms with Crippen LogP contribution in [0.25, 0.3) is 0 Å². The molecule has 16 heavy (non-hydrogen) atoms. The molecular formula is C12H9NO2S. The molecule has 0 aliphatic carbocycles. The van der Waals surface area contributed by atoms with Gasteiger partial charge in [0.25, 0.3) is 0 Å². The summed E-state index contributed by atoms with van der Waals surface area (Å²) in [6.07, 6.45) is -0.925. The van der Waals surface area contributed by atoms with Crippen LogP contribution in [0.4, 0.5) is 5.69 Å². The molecule has 1 N–H and O–H groups in total. The molecule has 1 atom stereocenters. The second-order valence-corrected chi connectivity index (χ2v) is 4.37. The Bertz CT molecular complexity index is 534. The van der Waals surface area contributed by atoms with Crippen molar-refractivity contribution in [2.45, 2.75) is 6.29 Å². The van der Waals surface area contributed by atoms with Crippen molar-refractivity contribution in [1.29, 1.82) is 0 Å². The number of nitrogens with zero attached hydrogens (tertiary/aromatic N) is 1. The monoisotopic (exact) mass is 231 g/mol. The average Bonchev–Trinajstić information content (AvgIpc) is 2.82. The molecule has 0 bridgehead atoms. The van der Waals surface area contributed by atoms with E-state index in [-0.39, 0.29) is 0 Å². The molecule has 80 valence electrons. The summed E-state index contributed by atoms with van der Waals surface area (Å²) >= 11 is 1.54. The lowest BCUT2D eigenvalue weighted by Crippen LogP contribution is -2.15. The third-order valence-corrected chi connectivity index (χ3v) is 3.24. The summed E-state index contributed by atoms with van der Waals surface area (Å²) in [4.78, 5) is 5.31. The van der Waals surface area contributed by atoms with Crippen molar-refractivity contribution in [2.75, 3.05) is 0 Å². The molecule has 0 fully saturated rings. The molecule has 0 radical (unpaired) electrons. The van der Waals surface area contributed by atoms with Crippen LogP contribution in [-0.2, 0) is 4.74 Å². The van der Waals surface area contributed by atoms with E-state index in [0.29, 0.717) is 11.5 Å². The summed E-state index contributed by atoms with van der Waals surface area (Å²) in [5.74, 6) is 0.487. The highest BCUT2D eigenvalue weighted by atomic mass is 32.1.